The largest absolute Gasteiger partial charge is 0.361 e. The number of imidazole rings is 1. The molecule has 0 N–H and O–H groups in total. The maximum Gasteiger partial charge on any atom is 0.150 e. The zero-order valence-corrected chi connectivity index (χ0v) is 10.1. The van der Waals surface area contributed by atoms with Crippen LogP contribution in [0.2, 0.25) is 0 Å². The Hall–Kier alpha value is -1.88. The van der Waals surface area contributed by atoms with Crippen molar-refractivity contribution >= 4 is 11.3 Å². The van der Waals surface area contributed by atoms with E-state index in [1.807, 2.05) is 31.5 Å². The first-order valence-corrected chi connectivity index (χ1v) is 6.18. The molecule has 17 heavy (non-hydrogen) atoms. The fraction of sp³-hybridized carbons (Fsp3) is 0.167. The molecule has 0 aromatic carbocycles. The molecule has 0 aliphatic carbocycles. The molecule has 0 bridgehead atoms. The van der Waals surface area contributed by atoms with Gasteiger partial charge in [0.25, 0.3) is 0 Å². The number of aryl methyl sites for hydroxylation is 1. The summed E-state index contributed by atoms with van der Waals surface area (Å²) >= 11 is 1.68. The molecule has 3 heterocycles. The lowest BCUT2D eigenvalue weighted by atomic mass is 10.3. The van der Waals surface area contributed by atoms with Gasteiger partial charge in [0.05, 0.1) is 11.4 Å². The monoisotopic (exact) mass is 245 g/mol. The number of hydrogen-bond donors (Lipinski definition) is 0. The highest BCUT2D eigenvalue weighted by Gasteiger charge is 2.08. The van der Waals surface area contributed by atoms with Crippen LogP contribution >= 0.6 is 11.3 Å². The maximum atomic E-state index is 5.06. The SMILES string of the molecule is Cc1cc(Cn2ccnc2-c2cccs2)no1. The van der Waals surface area contributed by atoms with Gasteiger partial charge in [-0.2, -0.15) is 0 Å². The third-order valence-corrected chi connectivity index (χ3v) is 3.33. The summed E-state index contributed by atoms with van der Waals surface area (Å²) in [6.07, 6.45) is 3.76. The zero-order valence-electron chi connectivity index (χ0n) is 9.33. The van der Waals surface area contributed by atoms with Gasteiger partial charge in [0.2, 0.25) is 0 Å². The summed E-state index contributed by atoms with van der Waals surface area (Å²) in [5, 5.41) is 6.04. The number of hydrogen-bond acceptors (Lipinski definition) is 4. The average Bonchev–Trinajstić information content (AvgIpc) is 3.00. The molecule has 0 atom stereocenters. The number of nitrogens with zero attached hydrogens (tertiary/aromatic N) is 3. The van der Waals surface area contributed by atoms with Crippen molar-refractivity contribution in [3.63, 3.8) is 0 Å². The highest BCUT2D eigenvalue weighted by Crippen LogP contribution is 2.23. The highest BCUT2D eigenvalue weighted by atomic mass is 32.1. The molecular weight excluding hydrogens is 234 g/mol. The van der Waals surface area contributed by atoms with Gasteiger partial charge in [-0.1, -0.05) is 11.2 Å². The standard InChI is InChI=1S/C12H11N3OS/c1-9-7-10(14-16-9)8-15-5-4-13-12(15)11-3-2-6-17-11/h2-7H,8H2,1H3. The van der Waals surface area contributed by atoms with Crippen LogP contribution in [0.25, 0.3) is 10.7 Å². The molecule has 5 heteroatoms. The number of aromatic nitrogens is 3. The van der Waals surface area contributed by atoms with Crippen LogP contribution in [0.1, 0.15) is 11.5 Å². The lowest BCUT2D eigenvalue weighted by molar-refractivity contribution is 0.389. The van der Waals surface area contributed by atoms with E-state index >= 15 is 0 Å². The summed E-state index contributed by atoms with van der Waals surface area (Å²) < 4.78 is 7.14. The summed E-state index contributed by atoms with van der Waals surface area (Å²) in [7, 11) is 0. The van der Waals surface area contributed by atoms with Crippen molar-refractivity contribution < 1.29 is 4.52 Å². The van der Waals surface area contributed by atoms with E-state index in [1.54, 1.807) is 11.3 Å². The van der Waals surface area contributed by atoms with Crippen molar-refractivity contribution in [2.75, 3.05) is 0 Å². The first kappa shape index (κ1) is 10.3. The Morgan fingerprint density at radius 1 is 1.47 bits per heavy atom. The lowest BCUT2D eigenvalue weighted by Crippen LogP contribution is -2.00. The Labute approximate surface area is 103 Å². The Balaban J connectivity index is 1.92. The van der Waals surface area contributed by atoms with Gasteiger partial charge in [0.1, 0.15) is 17.3 Å². The number of thiophene rings is 1. The molecule has 0 saturated heterocycles. The molecule has 0 radical (unpaired) electrons. The quantitative estimate of drug-likeness (QED) is 0.712. The van der Waals surface area contributed by atoms with Crippen molar-refractivity contribution in [3.8, 4) is 10.7 Å². The Morgan fingerprint density at radius 3 is 3.12 bits per heavy atom. The molecule has 0 saturated carbocycles. The van der Waals surface area contributed by atoms with Crippen LogP contribution in [0.15, 0.2) is 40.5 Å². The molecule has 0 amide bonds. The van der Waals surface area contributed by atoms with Crippen LogP contribution in [0.5, 0.6) is 0 Å². The van der Waals surface area contributed by atoms with E-state index in [0.29, 0.717) is 6.54 Å². The van der Waals surface area contributed by atoms with Crippen molar-refractivity contribution in [3.05, 3.63) is 47.4 Å². The van der Waals surface area contributed by atoms with Gasteiger partial charge in [-0.15, -0.1) is 11.3 Å². The summed E-state index contributed by atoms with van der Waals surface area (Å²) in [5.74, 6) is 1.80. The van der Waals surface area contributed by atoms with Crippen LogP contribution in [-0.4, -0.2) is 14.7 Å². The summed E-state index contributed by atoms with van der Waals surface area (Å²) in [6.45, 7) is 2.58. The van der Waals surface area contributed by atoms with Crippen LogP contribution in [-0.2, 0) is 6.54 Å². The fourth-order valence-corrected chi connectivity index (χ4v) is 2.47. The van der Waals surface area contributed by atoms with Crippen molar-refractivity contribution in [1.29, 1.82) is 0 Å². The van der Waals surface area contributed by atoms with E-state index in [4.69, 9.17) is 4.52 Å². The molecule has 0 fully saturated rings. The predicted molar refractivity (Wildman–Crippen MR) is 65.9 cm³/mol. The Kier molecular flexibility index (Phi) is 2.53. The van der Waals surface area contributed by atoms with Crippen LogP contribution < -0.4 is 0 Å². The summed E-state index contributed by atoms with van der Waals surface area (Å²) in [6, 6.07) is 6.04. The van der Waals surface area contributed by atoms with Gasteiger partial charge >= 0.3 is 0 Å². The fourth-order valence-electron chi connectivity index (χ4n) is 1.73. The van der Waals surface area contributed by atoms with Gasteiger partial charge in [-0.25, -0.2) is 4.98 Å². The van der Waals surface area contributed by atoms with E-state index in [9.17, 15) is 0 Å². The second kappa shape index (κ2) is 4.18. The highest BCUT2D eigenvalue weighted by molar-refractivity contribution is 7.13. The summed E-state index contributed by atoms with van der Waals surface area (Å²) in [5.41, 5.74) is 0.915. The molecule has 0 unspecified atom stereocenters. The minimum absolute atomic E-state index is 0.685. The van der Waals surface area contributed by atoms with Crippen LogP contribution in [0.3, 0.4) is 0 Å². The second-order valence-corrected chi connectivity index (χ2v) is 4.73. The van der Waals surface area contributed by atoms with Gasteiger partial charge in [-0.3, -0.25) is 0 Å². The molecule has 0 aliphatic rings. The van der Waals surface area contributed by atoms with E-state index < -0.39 is 0 Å². The van der Waals surface area contributed by atoms with E-state index in [0.717, 1.165) is 22.2 Å². The number of rotatable bonds is 3. The second-order valence-electron chi connectivity index (χ2n) is 3.78. The van der Waals surface area contributed by atoms with Gasteiger partial charge in [0, 0.05) is 18.5 Å². The smallest absolute Gasteiger partial charge is 0.150 e. The molecule has 0 aliphatic heterocycles. The van der Waals surface area contributed by atoms with Crippen molar-refractivity contribution in [2.45, 2.75) is 13.5 Å². The van der Waals surface area contributed by atoms with Gasteiger partial charge in [-0.05, 0) is 18.4 Å². The minimum atomic E-state index is 0.685. The van der Waals surface area contributed by atoms with E-state index in [-0.39, 0.29) is 0 Å². The lowest BCUT2D eigenvalue weighted by Gasteiger charge is -2.03. The maximum absolute atomic E-state index is 5.06. The molecule has 3 rings (SSSR count). The average molecular weight is 245 g/mol. The minimum Gasteiger partial charge on any atom is -0.361 e. The predicted octanol–water partition coefficient (Wildman–Crippen LogP) is 2.96. The first-order valence-electron chi connectivity index (χ1n) is 5.30. The first-order chi connectivity index (χ1) is 8.33. The molecule has 3 aromatic heterocycles. The Morgan fingerprint density at radius 2 is 2.41 bits per heavy atom. The molecule has 3 aromatic rings. The third kappa shape index (κ3) is 2.01. The zero-order chi connectivity index (χ0) is 11.7. The Bertz CT molecular complexity index is 609. The van der Waals surface area contributed by atoms with Crippen molar-refractivity contribution in [1.82, 2.24) is 14.7 Å². The van der Waals surface area contributed by atoms with Gasteiger partial charge in [0.15, 0.2) is 0 Å². The van der Waals surface area contributed by atoms with Crippen LogP contribution in [0.4, 0.5) is 0 Å². The topological polar surface area (TPSA) is 43.9 Å². The van der Waals surface area contributed by atoms with Crippen molar-refractivity contribution in [2.24, 2.45) is 0 Å². The van der Waals surface area contributed by atoms with E-state index in [1.165, 1.54) is 0 Å². The van der Waals surface area contributed by atoms with Crippen LogP contribution in [0, 0.1) is 6.92 Å². The molecule has 86 valence electrons. The third-order valence-electron chi connectivity index (χ3n) is 2.47. The molecule has 4 nitrogen and oxygen atoms in total. The van der Waals surface area contributed by atoms with E-state index in [2.05, 4.69) is 26.2 Å². The van der Waals surface area contributed by atoms with Gasteiger partial charge < -0.3 is 9.09 Å². The normalized spacial score (nSPS) is 10.9. The molecular formula is C12H11N3OS. The summed E-state index contributed by atoms with van der Waals surface area (Å²) in [4.78, 5) is 5.54. The molecule has 0 spiro atoms.